The van der Waals surface area contributed by atoms with Crippen molar-refractivity contribution in [2.24, 2.45) is 0 Å². The van der Waals surface area contributed by atoms with Crippen LogP contribution in [0.3, 0.4) is 0 Å². The van der Waals surface area contributed by atoms with E-state index in [4.69, 9.17) is 4.74 Å². The number of carbonyl (C=O) groups excluding carboxylic acids is 1. The Balaban J connectivity index is 2.37. The summed E-state index contributed by atoms with van der Waals surface area (Å²) in [5.74, 6) is -0.426. The SMILES string of the molecule is COc1cc(C(=O)C(C#N)c2ccncc2)ccc1C. The molecule has 4 nitrogen and oxygen atoms in total. The molecule has 0 bridgehead atoms. The Labute approximate surface area is 117 Å². The third kappa shape index (κ3) is 2.67. The van der Waals surface area contributed by atoms with Crippen molar-refractivity contribution in [3.05, 3.63) is 59.4 Å². The van der Waals surface area contributed by atoms with Crippen LogP contribution in [0, 0.1) is 18.3 Å². The fraction of sp³-hybridized carbons (Fsp3) is 0.188. The number of benzene rings is 1. The maximum absolute atomic E-state index is 12.5. The van der Waals surface area contributed by atoms with Crippen molar-refractivity contribution in [2.75, 3.05) is 7.11 Å². The van der Waals surface area contributed by atoms with E-state index in [0.29, 0.717) is 16.9 Å². The molecule has 1 aromatic heterocycles. The molecule has 0 amide bonds. The Morgan fingerprint density at radius 2 is 2.00 bits per heavy atom. The number of Topliss-reactive ketones (excluding diaryl/α,β-unsaturated/α-hetero) is 1. The van der Waals surface area contributed by atoms with Crippen LogP contribution >= 0.6 is 0 Å². The molecule has 0 spiro atoms. The first-order valence-corrected chi connectivity index (χ1v) is 6.15. The highest BCUT2D eigenvalue weighted by molar-refractivity contribution is 6.03. The first kappa shape index (κ1) is 13.8. The molecule has 4 heteroatoms. The molecule has 0 aliphatic carbocycles. The Morgan fingerprint density at radius 1 is 1.30 bits per heavy atom. The monoisotopic (exact) mass is 266 g/mol. The van der Waals surface area contributed by atoms with Crippen molar-refractivity contribution < 1.29 is 9.53 Å². The van der Waals surface area contributed by atoms with Gasteiger partial charge in [-0.25, -0.2) is 0 Å². The van der Waals surface area contributed by atoms with Gasteiger partial charge in [-0.05, 0) is 36.2 Å². The van der Waals surface area contributed by atoms with Crippen molar-refractivity contribution in [1.82, 2.24) is 4.98 Å². The second-order valence-electron chi connectivity index (χ2n) is 4.39. The molecule has 0 saturated heterocycles. The summed E-state index contributed by atoms with van der Waals surface area (Å²) in [6, 6.07) is 10.6. The van der Waals surface area contributed by atoms with Gasteiger partial charge in [-0.3, -0.25) is 9.78 Å². The molecule has 1 heterocycles. The van der Waals surface area contributed by atoms with E-state index in [1.807, 2.05) is 13.0 Å². The molecular formula is C16H14N2O2. The first-order chi connectivity index (χ1) is 9.67. The number of rotatable bonds is 4. The molecule has 2 rings (SSSR count). The number of pyridine rings is 1. The van der Waals surface area contributed by atoms with Crippen LogP contribution in [0.1, 0.15) is 27.4 Å². The summed E-state index contributed by atoms with van der Waals surface area (Å²) in [6.07, 6.45) is 3.14. The topological polar surface area (TPSA) is 63.0 Å². The van der Waals surface area contributed by atoms with E-state index in [1.165, 1.54) is 0 Å². The van der Waals surface area contributed by atoms with Crippen LogP contribution in [0.4, 0.5) is 0 Å². The van der Waals surface area contributed by atoms with Gasteiger partial charge in [0.15, 0.2) is 5.78 Å². The number of ether oxygens (including phenoxy) is 1. The highest BCUT2D eigenvalue weighted by atomic mass is 16.5. The van der Waals surface area contributed by atoms with Crippen molar-refractivity contribution in [1.29, 1.82) is 5.26 Å². The number of hydrogen-bond acceptors (Lipinski definition) is 4. The summed E-state index contributed by atoms with van der Waals surface area (Å²) in [6.45, 7) is 1.90. The lowest BCUT2D eigenvalue weighted by molar-refractivity contribution is 0.0978. The van der Waals surface area contributed by atoms with Gasteiger partial charge in [-0.2, -0.15) is 5.26 Å². The molecule has 1 unspecified atom stereocenters. The molecule has 100 valence electrons. The van der Waals surface area contributed by atoms with Gasteiger partial charge in [0, 0.05) is 18.0 Å². The fourth-order valence-electron chi connectivity index (χ4n) is 1.98. The molecule has 0 fully saturated rings. The molecular weight excluding hydrogens is 252 g/mol. The summed E-state index contributed by atoms with van der Waals surface area (Å²) in [5, 5.41) is 9.27. The Bertz CT molecular complexity index is 660. The van der Waals surface area contributed by atoms with Crippen LogP contribution in [-0.2, 0) is 0 Å². The van der Waals surface area contributed by atoms with Crippen LogP contribution in [0.2, 0.25) is 0 Å². The number of carbonyl (C=O) groups is 1. The lowest BCUT2D eigenvalue weighted by Crippen LogP contribution is -2.11. The summed E-state index contributed by atoms with van der Waals surface area (Å²) < 4.78 is 5.21. The van der Waals surface area contributed by atoms with E-state index in [0.717, 1.165) is 5.56 Å². The summed E-state index contributed by atoms with van der Waals surface area (Å²) >= 11 is 0. The summed E-state index contributed by atoms with van der Waals surface area (Å²) in [4.78, 5) is 16.3. The van der Waals surface area contributed by atoms with Gasteiger partial charge < -0.3 is 4.74 Å². The Kier molecular flexibility index (Phi) is 4.11. The van der Waals surface area contributed by atoms with Crippen LogP contribution in [0.25, 0.3) is 0 Å². The number of nitrogens with zero attached hydrogens (tertiary/aromatic N) is 2. The fourth-order valence-corrected chi connectivity index (χ4v) is 1.98. The van der Waals surface area contributed by atoms with Gasteiger partial charge in [-0.1, -0.05) is 12.1 Å². The van der Waals surface area contributed by atoms with Crippen molar-refractivity contribution >= 4 is 5.78 Å². The quantitative estimate of drug-likeness (QED) is 0.798. The largest absolute Gasteiger partial charge is 0.496 e. The third-order valence-electron chi connectivity index (χ3n) is 3.12. The second-order valence-corrected chi connectivity index (χ2v) is 4.39. The van der Waals surface area contributed by atoms with E-state index >= 15 is 0 Å². The average Bonchev–Trinajstić information content (AvgIpc) is 2.49. The number of methoxy groups -OCH3 is 1. The molecule has 20 heavy (non-hydrogen) atoms. The minimum Gasteiger partial charge on any atom is -0.496 e. The predicted molar refractivity (Wildman–Crippen MR) is 74.7 cm³/mol. The Hall–Kier alpha value is -2.67. The molecule has 1 atom stereocenters. The molecule has 0 N–H and O–H groups in total. The molecule has 0 saturated carbocycles. The van der Waals surface area contributed by atoms with Gasteiger partial charge >= 0.3 is 0 Å². The molecule has 2 aromatic rings. The van der Waals surface area contributed by atoms with E-state index in [-0.39, 0.29) is 5.78 Å². The summed E-state index contributed by atoms with van der Waals surface area (Å²) in [7, 11) is 1.56. The maximum atomic E-state index is 12.5. The van der Waals surface area contributed by atoms with Crippen molar-refractivity contribution in [3.8, 4) is 11.8 Å². The van der Waals surface area contributed by atoms with E-state index in [9.17, 15) is 10.1 Å². The zero-order valence-electron chi connectivity index (χ0n) is 11.3. The zero-order chi connectivity index (χ0) is 14.5. The van der Waals surface area contributed by atoms with Crippen molar-refractivity contribution in [2.45, 2.75) is 12.8 Å². The van der Waals surface area contributed by atoms with Gasteiger partial charge in [0.05, 0.1) is 13.2 Å². The van der Waals surface area contributed by atoms with Gasteiger partial charge in [0.25, 0.3) is 0 Å². The number of hydrogen-bond donors (Lipinski definition) is 0. The molecule has 0 radical (unpaired) electrons. The zero-order valence-corrected chi connectivity index (χ0v) is 11.3. The van der Waals surface area contributed by atoms with Crippen LogP contribution in [0.15, 0.2) is 42.7 Å². The van der Waals surface area contributed by atoms with Crippen molar-refractivity contribution in [3.63, 3.8) is 0 Å². The molecule has 1 aromatic carbocycles. The average molecular weight is 266 g/mol. The van der Waals surface area contributed by atoms with E-state index in [1.54, 1.807) is 43.8 Å². The lowest BCUT2D eigenvalue weighted by atomic mass is 9.92. The van der Waals surface area contributed by atoms with E-state index in [2.05, 4.69) is 11.1 Å². The standard InChI is InChI=1S/C16H14N2O2/c1-11-3-4-13(9-15(11)20-2)16(19)14(10-17)12-5-7-18-8-6-12/h3-9,14H,1-2H3. The smallest absolute Gasteiger partial charge is 0.184 e. The number of nitriles is 1. The molecule has 0 aliphatic rings. The maximum Gasteiger partial charge on any atom is 0.184 e. The number of ketones is 1. The minimum atomic E-state index is -0.828. The normalized spacial score (nSPS) is 11.4. The summed E-state index contributed by atoms with van der Waals surface area (Å²) in [5.41, 5.74) is 2.06. The van der Waals surface area contributed by atoms with Crippen LogP contribution < -0.4 is 4.74 Å². The van der Waals surface area contributed by atoms with E-state index < -0.39 is 5.92 Å². The third-order valence-corrected chi connectivity index (χ3v) is 3.12. The van der Waals surface area contributed by atoms with Gasteiger partial charge in [0.2, 0.25) is 0 Å². The highest BCUT2D eigenvalue weighted by Gasteiger charge is 2.22. The minimum absolute atomic E-state index is 0.239. The Morgan fingerprint density at radius 3 is 2.60 bits per heavy atom. The van der Waals surface area contributed by atoms with Gasteiger partial charge in [-0.15, -0.1) is 0 Å². The van der Waals surface area contributed by atoms with Crippen LogP contribution in [0.5, 0.6) is 5.75 Å². The second kappa shape index (κ2) is 5.98. The highest BCUT2D eigenvalue weighted by Crippen LogP contribution is 2.24. The lowest BCUT2D eigenvalue weighted by Gasteiger charge is -2.10. The predicted octanol–water partition coefficient (Wildman–Crippen LogP) is 2.89. The number of aryl methyl sites for hydroxylation is 1. The van der Waals surface area contributed by atoms with Crippen LogP contribution in [-0.4, -0.2) is 17.9 Å². The van der Waals surface area contributed by atoms with Gasteiger partial charge in [0.1, 0.15) is 11.7 Å². The molecule has 0 aliphatic heterocycles. The first-order valence-electron chi connectivity index (χ1n) is 6.15. The number of aromatic nitrogens is 1.